The van der Waals surface area contributed by atoms with E-state index in [0.717, 1.165) is 24.9 Å². The van der Waals surface area contributed by atoms with Gasteiger partial charge in [0.25, 0.3) is 0 Å². The zero-order chi connectivity index (χ0) is 12.8. The van der Waals surface area contributed by atoms with Gasteiger partial charge in [-0.3, -0.25) is 0 Å². The van der Waals surface area contributed by atoms with Crippen molar-refractivity contribution in [2.24, 2.45) is 0 Å². The molecule has 0 aliphatic carbocycles. The highest BCUT2D eigenvalue weighted by Gasteiger charge is 2.36. The molecule has 0 aromatic heterocycles. The number of hydrogen-bond donors (Lipinski definition) is 1. The van der Waals surface area contributed by atoms with Crippen LogP contribution in [0.1, 0.15) is 25.3 Å². The molecule has 0 spiro atoms. The van der Waals surface area contributed by atoms with Crippen LogP contribution in [0.4, 0.5) is 0 Å². The van der Waals surface area contributed by atoms with Gasteiger partial charge in [-0.25, -0.2) is 0 Å². The van der Waals surface area contributed by atoms with Crippen LogP contribution in [0, 0.1) is 0 Å². The number of nitrogens with one attached hydrogen (secondary N) is 1. The van der Waals surface area contributed by atoms with Crippen molar-refractivity contribution in [1.29, 1.82) is 0 Å². The van der Waals surface area contributed by atoms with Gasteiger partial charge in [-0.05, 0) is 32.4 Å². The third kappa shape index (κ3) is 1.63. The first-order valence-corrected chi connectivity index (χ1v) is 6.45. The molecule has 2 heterocycles. The van der Waals surface area contributed by atoms with Crippen LogP contribution in [0.3, 0.4) is 0 Å². The van der Waals surface area contributed by atoms with Crippen molar-refractivity contribution in [3.8, 4) is 17.2 Å². The third-order valence-electron chi connectivity index (χ3n) is 3.73. The molecular formula is C13H16ClNO3. The molecule has 1 aromatic rings. The predicted octanol–water partition coefficient (Wildman–Crippen LogP) is 2.68. The number of halogens is 1. The van der Waals surface area contributed by atoms with Gasteiger partial charge in [-0.2, -0.15) is 0 Å². The number of rotatable bonds is 2. The zero-order valence-electron chi connectivity index (χ0n) is 10.5. The Kier molecular flexibility index (Phi) is 2.79. The molecule has 2 aliphatic rings. The molecule has 18 heavy (non-hydrogen) atoms. The molecule has 0 radical (unpaired) electrons. The molecule has 5 heteroatoms. The maximum absolute atomic E-state index is 6.34. The average Bonchev–Trinajstić information content (AvgIpc) is 2.98. The quantitative estimate of drug-likeness (QED) is 0.896. The van der Waals surface area contributed by atoms with Crippen molar-refractivity contribution < 1.29 is 14.2 Å². The Bertz CT molecular complexity index is 484. The summed E-state index contributed by atoms with van der Waals surface area (Å²) in [7, 11) is 1.63. The predicted molar refractivity (Wildman–Crippen MR) is 68.7 cm³/mol. The van der Waals surface area contributed by atoms with E-state index in [4.69, 9.17) is 25.8 Å². The minimum atomic E-state index is -0.115. The topological polar surface area (TPSA) is 39.7 Å². The Balaban J connectivity index is 2.16. The van der Waals surface area contributed by atoms with E-state index in [-0.39, 0.29) is 12.3 Å². The molecule has 1 saturated heterocycles. The summed E-state index contributed by atoms with van der Waals surface area (Å²) in [6.07, 6.45) is 2.20. The molecule has 1 unspecified atom stereocenters. The van der Waals surface area contributed by atoms with Crippen LogP contribution in [-0.2, 0) is 5.54 Å². The molecule has 1 atom stereocenters. The van der Waals surface area contributed by atoms with E-state index in [2.05, 4.69) is 12.2 Å². The van der Waals surface area contributed by atoms with Crippen LogP contribution in [0.15, 0.2) is 6.07 Å². The fourth-order valence-electron chi connectivity index (χ4n) is 2.72. The smallest absolute Gasteiger partial charge is 0.231 e. The summed E-state index contributed by atoms with van der Waals surface area (Å²) in [5, 5.41) is 4.00. The summed E-state index contributed by atoms with van der Waals surface area (Å²) < 4.78 is 16.3. The highest BCUT2D eigenvalue weighted by Crippen LogP contribution is 2.50. The summed E-state index contributed by atoms with van der Waals surface area (Å²) in [4.78, 5) is 0. The summed E-state index contributed by atoms with van der Waals surface area (Å²) in [6, 6.07) is 1.98. The van der Waals surface area contributed by atoms with Gasteiger partial charge < -0.3 is 19.5 Å². The second kappa shape index (κ2) is 4.21. The highest BCUT2D eigenvalue weighted by atomic mass is 35.5. The largest absolute Gasteiger partial charge is 0.495 e. The van der Waals surface area contributed by atoms with Crippen LogP contribution in [0.5, 0.6) is 17.2 Å². The summed E-state index contributed by atoms with van der Waals surface area (Å²) in [5.74, 6) is 1.96. The maximum Gasteiger partial charge on any atom is 0.231 e. The standard InChI is InChI=1S/C13H16ClNO3/c1-13(4-3-5-15-13)8-6-9-12(18-7-17-9)10(14)11(8)16-2/h6,15H,3-5,7H2,1-2H3. The number of ether oxygens (including phenoxy) is 3. The molecule has 98 valence electrons. The average molecular weight is 270 g/mol. The molecule has 3 rings (SSSR count). The van der Waals surface area contributed by atoms with Gasteiger partial charge in [-0.1, -0.05) is 11.6 Å². The Hall–Kier alpha value is -1.13. The van der Waals surface area contributed by atoms with Gasteiger partial charge >= 0.3 is 0 Å². The van der Waals surface area contributed by atoms with E-state index in [1.807, 2.05) is 6.07 Å². The number of benzene rings is 1. The van der Waals surface area contributed by atoms with Crippen molar-refractivity contribution in [1.82, 2.24) is 5.32 Å². The molecule has 4 nitrogen and oxygen atoms in total. The van der Waals surface area contributed by atoms with Gasteiger partial charge in [0.1, 0.15) is 10.8 Å². The summed E-state index contributed by atoms with van der Waals surface area (Å²) in [5.41, 5.74) is 0.924. The zero-order valence-corrected chi connectivity index (χ0v) is 11.3. The van der Waals surface area contributed by atoms with Crippen LogP contribution in [-0.4, -0.2) is 20.4 Å². The maximum atomic E-state index is 6.34. The van der Waals surface area contributed by atoms with E-state index >= 15 is 0 Å². The van der Waals surface area contributed by atoms with Crippen molar-refractivity contribution >= 4 is 11.6 Å². The monoisotopic (exact) mass is 269 g/mol. The highest BCUT2D eigenvalue weighted by molar-refractivity contribution is 6.34. The van der Waals surface area contributed by atoms with Crippen molar-refractivity contribution in [3.63, 3.8) is 0 Å². The van der Waals surface area contributed by atoms with E-state index in [0.29, 0.717) is 22.3 Å². The lowest BCUT2D eigenvalue weighted by Gasteiger charge is -2.27. The Morgan fingerprint density at radius 2 is 2.28 bits per heavy atom. The first-order chi connectivity index (χ1) is 8.65. The van der Waals surface area contributed by atoms with Crippen LogP contribution in [0.2, 0.25) is 5.02 Å². The van der Waals surface area contributed by atoms with Gasteiger partial charge in [-0.15, -0.1) is 0 Å². The van der Waals surface area contributed by atoms with E-state index in [1.165, 1.54) is 0 Å². The lowest BCUT2D eigenvalue weighted by atomic mass is 9.89. The number of hydrogen-bond acceptors (Lipinski definition) is 4. The molecule has 0 bridgehead atoms. The first-order valence-electron chi connectivity index (χ1n) is 6.07. The molecular weight excluding hydrogens is 254 g/mol. The minimum absolute atomic E-state index is 0.115. The van der Waals surface area contributed by atoms with Crippen LogP contribution < -0.4 is 19.5 Å². The molecule has 1 N–H and O–H groups in total. The SMILES string of the molecule is COc1c(C2(C)CCCN2)cc2c(c1Cl)OCO2. The summed E-state index contributed by atoms with van der Waals surface area (Å²) >= 11 is 6.34. The van der Waals surface area contributed by atoms with Crippen LogP contribution in [0.25, 0.3) is 0 Å². The normalized spacial score (nSPS) is 25.5. The van der Waals surface area contributed by atoms with Gasteiger partial charge in [0.05, 0.1) is 7.11 Å². The Morgan fingerprint density at radius 1 is 1.44 bits per heavy atom. The fraction of sp³-hybridized carbons (Fsp3) is 0.538. The second-order valence-electron chi connectivity index (χ2n) is 4.87. The van der Waals surface area contributed by atoms with E-state index < -0.39 is 0 Å². The Labute approximate surface area is 111 Å². The summed E-state index contributed by atoms with van der Waals surface area (Å²) in [6.45, 7) is 3.38. The van der Waals surface area contributed by atoms with Gasteiger partial charge in [0.2, 0.25) is 6.79 Å². The first kappa shape index (κ1) is 11.9. The third-order valence-corrected chi connectivity index (χ3v) is 4.07. The number of fused-ring (bicyclic) bond motifs is 1. The molecule has 0 saturated carbocycles. The molecule has 1 fully saturated rings. The molecule has 1 aromatic carbocycles. The van der Waals surface area contributed by atoms with E-state index in [9.17, 15) is 0 Å². The lowest BCUT2D eigenvalue weighted by molar-refractivity contribution is 0.174. The molecule has 0 amide bonds. The van der Waals surface area contributed by atoms with Crippen LogP contribution >= 0.6 is 11.6 Å². The Morgan fingerprint density at radius 3 is 2.94 bits per heavy atom. The fourth-order valence-corrected chi connectivity index (χ4v) is 3.05. The minimum Gasteiger partial charge on any atom is -0.495 e. The van der Waals surface area contributed by atoms with E-state index in [1.54, 1.807) is 7.11 Å². The van der Waals surface area contributed by atoms with Crippen molar-refractivity contribution in [3.05, 3.63) is 16.7 Å². The van der Waals surface area contributed by atoms with Crippen molar-refractivity contribution in [2.45, 2.75) is 25.3 Å². The van der Waals surface area contributed by atoms with Gasteiger partial charge in [0.15, 0.2) is 11.5 Å². The van der Waals surface area contributed by atoms with Crippen molar-refractivity contribution in [2.75, 3.05) is 20.4 Å². The lowest BCUT2D eigenvalue weighted by Crippen LogP contribution is -2.33. The molecule has 2 aliphatic heterocycles. The number of methoxy groups -OCH3 is 1. The second-order valence-corrected chi connectivity index (χ2v) is 5.25. The van der Waals surface area contributed by atoms with Gasteiger partial charge in [0, 0.05) is 11.1 Å².